The van der Waals surface area contributed by atoms with Crippen LogP contribution in [0.4, 0.5) is 0 Å². The van der Waals surface area contributed by atoms with Crippen molar-refractivity contribution in [2.75, 3.05) is 26.8 Å². The molecule has 1 aromatic carbocycles. The van der Waals surface area contributed by atoms with Gasteiger partial charge in [0.15, 0.2) is 0 Å². The zero-order chi connectivity index (χ0) is 16.1. The van der Waals surface area contributed by atoms with E-state index in [0.717, 1.165) is 17.4 Å². The molecule has 0 aromatic heterocycles. The van der Waals surface area contributed by atoms with Crippen LogP contribution in [0.25, 0.3) is 0 Å². The molecule has 4 nitrogen and oxygen atoms in total. The van der Waals surface area contributed by atoms with Gasteiger partial charge in [-0.2, -0.15) is 0 Å². The van der Waals surface area contributed by atoms with Gasteiger partial charge in [-0.15, -0.1) is 0 Å². The van der Waals surface area contributed by atoms with E-state index in [1.54, 1.807) is 7.11 Å². The maximum atomic E-state index is 9.78. The summed E-state index contributed by atoms with van der Waals surface area (Å²) in [4.78, 5) is 2.69. The van der Waals surface area contributed by atoms with Crippen LogP contribution in [0.2, 0.25) is 0 Å². The Morgan fingerprint density at radius 2 is 1.96 bits per heavy atom. The van der Waals surface area contributed by atoms with E-state index in [9.17, 15) is 5.11 Å². The smallest absolute Gasteiger partial charge is 0.119 e. The summed E-state index contributed by atoms with van der Waals surface area (Å²) in [5.74, 6) is 0.846. The van der Waals surface area contributed by atoms with Gasteiger partial charge in [0.05, 0.1) is 19.8 Å². The van der Waals surface area contributed by atoms with Gasteiger partial charge < -0.3 is 20.1 Å². The number of hydrogen-bond donors (Lipinski definition) is 2. The zero-order valence-electron chi connectivity index (χ0n) is 14.2. The van der Waals surface area contributed by atoms with Gasteiger partial charge >= 0.3 is 0 Å². The van der Waals surface area contributed by atoms with Crippen LogP contribution < -0.4 is 10.1 Å². The molecular weight excluding hydrogens is 288 g/mol. The Balaban J connectivity index is 1.53. The number of likely N-dealkylation sites (tertiary alicyclic amines) is 1. The van der Waals surface area contributed by atoms with E-state index >= 15 is 0 Å². The molecule has 0 amide bonds. The van der Waals surface area contributed by atoms with Gasteiger partial charge in [0.2, 0.25) is 0 Å². The minimum atomic E-state index is -0.00636. The van der Waals surface area contributed by atoms with Crippen LogP contribution >= 0.6 is 0 Å². The molecule has 128 valence electrons. The van der Waals surface area contributed by atoms with Crippen molar-refractivity contribution in [1.29, 1.82) is 0 Å². The molecule has 23 heavy (non-hydrogen) atoms. The van der Waals surface area contributed by atoms with Gasteiger partial charge in [0, 0.05) is 12.1 Å². The van der Waals surface area contributed by atoms with Crippen LogP contribution in [0.1, 0.15) is 50.1 Å². The quantitative estimate of drug-likeness (QED) is 0.846. The first kappa shape index (κ1) is 16.7. The second-order valence-corrected chi connectivity index (χ2v) is 6.93. The third-order valence-electron chi connectivity index (χ3n) is 5.49. The Morgan fingerprint density at radius 3 is 2.61 bits per heavy atom. The highest BCUT2D eigenvalue weighted by atomic mass is 16.5. The third-order valence-corrected chi connectivity index (χ3v) is 5.49. The van der Waals surface area contributed by atoms with Crippen LogP contribution in [-0.2, 0) is 0 Å². The monoisotopic (exact) mass is 318 g/mol. The first-order valence-corrected chi connectivity index (χ1v) is 9.05. The molecule has 4 heteroatoms. The fraction of sp³-hybridized carbons (Fsp3) is 0.684. The molecule has 1 saturated carbocycles. The minimum absolute atomic E-state index is 0.00636. The average Bonchev–Trinajstić information content (AvgIpc) is 3.15. The van der Waals surface area contributed by atoms with Crippen molar-refractivity contribution in [3.8, 4) is 5.75 Å². The number of aliphatic hydroxyl groups is 1. The van der Waals surface area contributed by atoms with Gasteiger partial charge in [0.1, 0.15) is 5.75 Å². The largest absolute Gasteiger partial charge is 0.497 e. The first-order valence-electron chi connectivity index (χ1n) is 9.05. The predicted octanol–water partition coefficient (Wildman–Crippen LogP) is 2.73. The number of nitrogens with one attached hydrogen (secondary N) is 1. The van der Waals surface area contributed by atoms with E-state index in [1.165, 1.54) is 51.6 Å². The van der Waals surface area contributed by atoms with Gasteiger partial charge in [-0.3, -0.25) is 0 Å². The van der Waals surface area contributed by atoms with Crippen molar-refractivity contribution >= 4 is 0 Å². The molecule has 3 rings (SSSR count). The number of hydrogen-bond acceptors (Lipinski definition) is 4. The average molecular weight is 318 g/mol. The molecule has 2 N–H and O–H groups in total. The molecule has 1 aliphatic heterocycles. The highest BCUT2D eigenvalue weighted by Gasteiger charge is 2.28. The lowest BCUT2D eigenvalue weighted by atomic mass is 9.99. The van der Waals surface area contributed by atoms with E-state index < -0.39 is 0 Å². The number of nitrogens with zero attached hydrogens (tertiary/aromatic N) is 1. The number of aliphatic hydroxyl groups excluding tert-OH is 1. The SMILES string of the molecule is COc1cccc(C(CO)NC2CCN(C3CCCC3)CC2)c1. The summed E-state index contributed by atoms with van der Waals surface area (Å²) in [7, 11) is 1.68. The van der Waals surface area contributed by atoms with E-state index in [4.69, 9.17) is 4.74 Å². The topological polar surface area (TPSA) is 44.7 Å². The molecule has 2 aliphatic rings. The molecule has 1 aliphatic carbocycles. The second kappa shape index (κ2) is 8.13. The van der Waals surface area contributed by atoms with E-state index in [2.05, 4.69) is 16.3 Å². The van der Waals surface area contributed by atoms with Crippen LogP contribution in [0.3, 0.4) is 0 Å². The summed E-state index contributed by atoms with van der Waals surface area (Å²) in [6, 6.07) is 9.33. The van der Waals surface area contributed by atoms with Crippen molar-refractivity contribution in [1.82, 2.24) is 10.2 Å². The third kappa shape index (κ3) is 4.25. The molecule has 2 fully saturated rings. The summed E-state index contributed by atoms with van der Waals surface area (Å²) in [6.07, 6.45) is 7.95. The fourth-order valence-corrected chi connectivity index (χ4v) is 4.10. The Bertz CT molecular complexity index is 480. The van der Waals surface area contributed by atoms with Crippen LogP contribution in [0.15, 0.2) is 24.3 Å². The van der Waals surface area contributed by atoms with Crippen molar-refractivity contribution in [3.63, 3.8) is 0 Å². The Hall–Kier alpha value is -1.10. The Morgan fingerprint density at radius 1 is 1.22 bits per heavy atom. The lowest BCUT2D eigenvalue weighted by molar-refractivity contribution is 0.133. The molecule has 1 heterocycles. The summed E-state index contributed by atoms with van der Waals surface area (Å²) in [5, 5.41) is 13.4. The van der Waals surface area contributed by atoms with Crippen LogP contribution in [0, 0.1) is 0 Å². The number of ether oxygens (including phenoxy) is 1. The highest BCUT2D eigenvalue weighted by Crippen LogP contribution is 2.27. The fourth-order valence-electron chi connectivity index (χ4n) is 4.10. The van der Waals surface area contributed by atoms with Gasteiger partial charge in [-0.05, 0) is 56.5 Å². The summed E-state index contributed by atoms with van der Waals surface area (Å²) in [6.45, 7) is 2.51. The molecule has 1 unspecified atom stereocenters. The van der Waals surface area contributed by atoms with Gasteiger partial charge in [-0.25, -0.2) is 0 Å². The molecule has 1 saturated heterocycles. The summed E-state index contributed by atoms with van der Waals surface area (Å²) >= 11 is 0. The number of piperidine rings is 1. The Kier molecular flexibility index (Phi) is 5.92. The molecule has 1 atom stereocenters. The van der Waals surface area contributed by atoms with E-state index in [-0.39, 0.29) is 12.6 Å². The van der Waals surface area contributed by atoms with Crippen LogP contribution in [0.5, 0.6) is 5.75 Å². The van der Waals surface area contributed by atoms with Crippen molar-refractivity contribution in [2.45, 2.75) is 56.7 Å². The standard InChI is InChI=1S/C19H30N2O2/c1-23-18-8-4-5-15(13-18)19(14-22)20-16-9-11-21(12-10-16)17-6-2-3-7-17/h4-5,8,13,16-17,19-20,22H,2-3,6-7,9-12,14H2,1H3. The highest BCUT2D eigenvalue weighted by molar-refractivity contribution is 5.30. The number of rotatable bonds is 6. The maximum Gasteiger partial charge on any atom is 0.119 e. The van der Waals surface area contributed by atoms with Crippen molar-refractivity contribution < 1.29 is 9.84 Å². The lowest BCUT2D eigenvalue weighted by Crippen LogP contribution is -2.47. The molecule has 0 radical (unpaired) electrons. The molecule has 0 spiro atoms. The normalized spacial score (nSPS) is 22.3. The van der Waals surface area contributed by atoms with Gasteiger partial charge in [-0.1, -0.05) is 25.0 Å². The van der Waals surface area contributed by atoms with Crippen LogP contribution in [-0.4, -0.2) is 48.9 Å². The number of benzene rings is 1. The number of methoxy groups -OCH3 is 1. The second-order valence-electron chi connectivity index (χ2n) is 6.93. The van der Waals surface area contributed by atoms with E-state index in [1.807, 2.05) is 18.2 Å². The summed E-state index contributed by atoms with van der Waals surface area (Å²) < 4.78 is 5.29. The minimum Gasteiger partial charge on any atom is -0.497 e. The molecule has 1 aromatic rings. The summed E-state index contributed by atoms with van der Waals surface area (Å²) in [5.41, 5.74) is 1.10. The zero-order valence-corrected chi connectivity index (χ0v) is 14.2. The molecule has 0 bridgehead atoms. The van der Waals surface area contributed by atoms with Crippen molar-refractivity contribution in [2.24, 2.45) is 0 Å². The van der Waals surface area contributed by atoms with Crippen molar-refractivity contribution in [3.05, 3.63) is 29.8 Å². The Labute approximate surface area is 139 Å². The lowest BCUT2D eigenvalue weighted by Gasteiger charge is -2.37. The first-order chi connectivity index (χ1) is 11.3. The van der Waals surface area contributed by atoms with Gasteiger partial charge in [0.25, 0.3) is 0 Å². The maximum absolute atomic E-state index is 9.78. The predicted molar refractivity (Wildman–Crippen MR) is 92.8 cm³/mol. The molecular formula is C19H30N2O2. The van der Waals surface area contributed by atoms with E-state index in [0.29, 0.717) is 6.04 Å².